The van der Waals surface area contributed by atoms with Gasteiger partial charge in [0.25, 0.3) is 10.0 Å². The average Bonchev–Trinajstić information content (AvgIpc) is 3.46. The van der Waals surface area contributed by atoms with E-state index in [2.05, 4.69) is 14.8 Å². The van der Waals surface area contributed by atoms with Crippen molar-refractivity contribution in [2.75, 3.05) is 18.8 Å². The predicted molar refractivity (Wildman–Crippen MR) is 138 cm³/mol. The van der Waals surface area contributed by atoms with Crippen molar-refractivity contribution in [1.29, 1.82) is 0 Å². The normalized spacial score (nSPS) is 16.8. The molecule has 2 heterocycles. The van der Waals surface area contributed by atoms with Crippen molar-refractivity contribution in [3.63, 3.8) is 0 Å². The number of hydrazone groups is 1. The summed E-state index contributed by atoms with van der Waals surface area (Å²) in [5.74, 6) is -0.783. The second kappa shape index (κ2) is 10.4. The number of rotatable bonds is 7. The molecule has 190 valence electrons. The van der Waals surface area contributed by atoms with E-state index in [4.69, 9.17) is 21.8 Å². The summed E-state index contributed by atoms with van der Waals surface area (Å²) in [5, 5.41) is 18.5. The molecule has 1 aromatic heterocycles. The van der Waals surface area contributed by atoms with Gasteiger partial charge in [-0.2, -0.15) is 18.6 Å². The lowest BCUT2D eigenvalue weighted by atomic mass is 9.91. The number of nitrogens with zero attached hydrogens (tertiary/aromatic N) is 5. The fourth-order valence-corrected chi connectivity index (χ4v) is 5.11. The third-order valence-electron chi connectivity index (χ3n) is 5.36. The minimum atomic E-state index is -4.18. The Balaban J connectivity index is 1.75. The summed E-state index contributed by atoms with van der Waals surface area (Å²) in [7, 11) is -6.39. The zero-order valence-corrected chi connectivity index (χ0v) is 21.6. The molecule has 0 saturated carbocycles. The quantitative estimate of drug-likeness (QED) is 0.334. The first kappa shape index (κ1) is 25.8. The number of aryl methyl sites for hydroxylation is 1. The Kier molecular flexibility index (Phi) is 7.45. The number of primary sulfonamides is 1. The highest BCUT2D eigenvalue weighted by Gasteiger charge is 2.32. The molecule has 0 fully saturated rings. The van der Waals surface area contributed by atoms with Crippen LogP contribution in [0.3, 0.4) is 0 Å². The van der Waals surface area contributed by atoms with E-state index in [1.54, 1.807) is 19.2 Å². The molecule has 0 radical (unpaired) electrons. The number of aromatic nitrogens is 2. The van der Waals surface area contributed by atoms with Crippen LogP contribution in [0.25, 0.3) is 0 Å². The summed E-state index contributed by atoms with van der Waals surface area (Å²) in [6.45, 7) is 0.0876. The summed E-state index contributed by atoms with van der Waals surface area (Å²) in [5.41, 5.74) is 2.44. The number of sulfonamides is 2. The summed E-state index contributed by atoms with van der Waals surface area (Å²) >= 11 is 6.07. The molecule has 1 unspecified atom stereocenters. The van der Waals surface area contributed by atoms with E-state index in [1.165, 1.54) is 22.1 Å². The van der Waals surface area contributed by atoms with Crippen LogP contribution >= 0.6 is 11.6 Å². The molecule has 0 spiro atoms. The molecule has 1 aliphatic heterocycles. The zero-order chi connectivity index (χ0) is 25.9. The van der Waals surface area contributed by atoms with Crippen LogP contribution in [0.15, 0.2) is 81.4 Å². The van der Waals surface area contributed by atoms with E-state index < -0.39 is 25.8 Å². The van der Waals surface area contributed by atoms with E-state index in [9.17, 15) is 16.8 Å². The molecule has 36 heavy (non-hydrogen) atoms. The Morgan fingerprint density at radius 3 is 2.44 bits per heavy atom. The molecule has 3 N–H and O–H groups in total. The van der Waals surface area contributed by atoms with Gasteiger partial charge in [0, 0.05) is 30.7 Å². The number of nitrogens with one attached hydrogen (secondary N) is 1. The monoisotopic (exact) mass is 549 g/mol. The lowest BCUT2D eigenvalue weighted by Gasteiger charge is -2.19. The highest BCUT2D eigenvalue weighted by Crippen LogP contribution is 2.29. The molecule has 0 aliphatic carbocycles. The van der Waals surface area contributed by atoms with Crippen molar-refractivity contribution in [3.05, 3.63) is 83.1 Å². The summed E-state index contributed by atoms with van der Waals surface area (Å²) in [6, 6.07) is 16.8. The lowest BCUT2D eigenvalue weighted by molar-refractivity contribution is 0.456. The fourth-order valence-electron chi connectivity index (χ4n) is 3.64. The minimum absolute atomic E-state index is 0.114. The van der Waals surface area contributed by atoms with Crippen LogP contribution in [0, 0.1) is 0 Å². The van der Waals surface area contributed by atoms with E-state index >= 15 is 0 Å². The number of guanidine groups is 1. The van der Waals surface area contributed by atoms with Gasteiger partial charge in [-0.05, 0) is 23.3 Å². The molecule has 2 aromatic carbocycles. The number of halogens is 1. The van der Waals surface area contributed by atoms with Gasteiger partial charge in [0.1, 0.15) is 4.90 Å². The number of benzene rings is 2. The van der Waals surface area contributed by atoms with Gasteiger partial charge in [-0.25, -0.2) is 18.6 Å². The maximum absolute atomic E-state index is 13.0. The Labute approximate surface area is 214 Å². The molecule has 0 amide bonds. The predicted octanol–water partition coefficient (Wildman–Crippen LogP) is 1.50. The Bertz CT molecular complexity index is 1500. The summed E-state index contributed by atoms with van der Waals surface area (Å²) in [6.07, 6.45) is 2.50. The molecule has 14 heteroatoms. The molecule has 11 nitrogen and oxygen atoms in total. The lowest BCUT2D eigenvalue weighted by Crippen LogP contribution is -2.41. The van der Waals surface area contributed by atoms with Gasteiger partial charge in [-0.15, -0.1) is 4.40 Å². The molecule has 0 bridgehead atoms. The minimum Gasteiger partial charge on any atom is -0.353 e. The SMILES string of the molecule is Cn1cc(S(=O)(=O)N=C(NCCS(N)(=O)=O)N2CC(c3ccccc3)C(c3ccc(Cl)cc3)=N2)cn1. The number of hydrogen-bond donors (Lipinski definition) is 2. The molecule has 1 atom stereocenters. The highest BCUT2D eigenvalue weighted by atomic mass is 35.5. The first-order valence-electron chi connectivity index (χ1n) is 10.8. The largest absolute Gasteiger partial charge is 0.353 e. The maximum Gasteiger partial charge on any atom is 0.288 e. The van der Waals surface area contributed by atoms with Gasteiger partial charge < -0.3 is 5.32 Å². The molecule has 3 aromatic rings. The third-order valence-corrected chi connectivity index (χ3v) is 7.60. The van der Waals surface area contributed by atoms with Crippen molar-refractivity contribution in [3.8, 4) is 0 Å². The first-order chi connectivity index (χ1) is 17.0. The standard InChI is InChI=1S/C22H24ClN7O4S2/c1-29-14-19(13-26-29)36(33,34)28-22(25-11-12-35(24,31)32)30-15-20(16-5-3-2-4-6-16)21(27-30)17-7-9-18(23)10-8-17/h2-10,13-14,20H,11-12,15H2,1H3,(H,25,28)(H2,24,31,32). The van der Waals surface area contributed by atoms with Crippen LogP contribution in [0.4, 0.5) is 0 Å². The van der Waals surface area contributed by atoms with Crippen molar-refractivity contribution in [2.24, 2.45) is 21.7 Å². The zero-order valence-electron chi connectivity index (χ0n) is 19.2. The van der Waals surface area contributed by atoms with Crippen molar-refractivity contribution in [2.45, 2.75) is 10.8 Å². The molecular weight excluding hydrogens is 526 g/mol. The topological polar surface area (TPSA) is 152 Å². The van der Waals surface area contributed by atoms with Crippen LogP contribution in [-0.4, -0.2) is 62.1 Å². The van der Waals surface area contributed by atoms with Crippen LogP contribution in [0.1, 0.15) is 17.0 Å². The molecular formula is C22H24ClN7O4S2. The third kappa shape index (κ3) is 6.29. The van der Waals surface area contributed by atoms with Crippen LogP contribution < -0.4 is 10.5 Å². The van der Waals surface area contributed by atoms with Crippen molar-refractivity contribution < 1.29 is 16.8 Å². The van der Waals surface area contributed by atoms with Gasteiger partial charge in [0.2, 0.25) is 16.0 Å². The number of nitrogens with two attached hydrogens (primary N) is 1. The van der Waals surface area contributed by atoms with Gasteiger partial charge in [-0.3, -0.25) is 4.68 Å². The second-order valence-electron chi connectivity index (χ2n) is 8.07. The first-order valence-corrected chi connectivity index (χ1v) is 14.3. The smallest absolute Gasteiger partial charge is 0.288 e. The van der Waals surface area contributed by atoms with Crippen LogP contribution in [0.5, 0.6) is 0 Å². The molecule has 4 rings (SSSR count). The highest BCUT2D eigenvalue weighted by molar-refractivity contribution is 7.90. The second-order valence-corrected chi connectivity index (χ2v) is 11.8. The van der Waals surface area contributed by atoms with E-state index in [-0.39, 0.29) is 29.9 Å². The fraction of sp³-hybridized carbons (Fsp3) is 0.227. The van der Waals surface area contributed by atoms with Crippen LogP contribution in [0.2, 0.25) is 5.02 Å². The molecule has 1 aliphatic rings. The Morgan fingerprint density at radius 2 is 1.83 bits per heavy atom. The van der Waals surface area contributed by atoms with Gasteiger partial charge in [0.05, 0.1) is 24.2 Å². The van der Waals surface area contributed by atoms with E-state index in [1.807, 2.05) is 42.5 Å². The summed E-state index contributed by atoms with van der Waals surface area (Å²) in [4.78, 5) is -0.114. The van der Waals surface area contributed by atoms with E-state index in [0.29, 0.717) is 10.7 Å². The Morgan fingerprint density at radius 1 is 1.14 bits per heavy atom. The summed E-state index contributed by atoms with van der Waals surface area (Å²) < 4.78 is 54.2. The average molecular weight is 550 g/mol. The van der Waals surface area contributed by atoms with Gasteiger partial charge in [0.15, 0.2) is 0 Å². The maximum atomic E-state index is 13.0. The van der Waals surface area contributed by atoms with Crippen LogP contribution in [-0.2, 0) is 27.1 Å². The Hall–Kier alpha value is -3.26. The van der Waals surface area contributed by atoms with Crippen molar-refractivity contribution >= 4 is 43.3 Å². The van der Waals surface area contributed by atoms with Crippen molar-refractivity contribution in [1.82, 2.24) is 20.1 Å². The molecule has 0 saturated heterocycles. The van der Waals surface area contributed by atoms with Gasteiger partial charge in [-0.1, -0.05) is 54.1 Å². The number of hydrogen-bond acceptors (Lipinski definition) is 6. The van der Waals surface area contributed by atoms with E-state index in [0.717, 1.165) is 11.1 Å². The van der Waals surface area contributed by atoms with Gasteiger partial charge >= 0.3 is 0 Å².